The lowest BCUT2D eigenvalue weighted by molar-refractivity contribution is -0.131. The van der Waals surface area contributed by atoms with Crippen LogP contribution in [0.15, 0.2) is 10.9 Å². The van der Waals surface area contributed by atoms with Gasteiger partial charge in [0.25, 0.3) is 0 Å². The van der Waals surface area contributed by atoms with Gasteiger partial charge in [-0.1, -0.05) is 5.16 Å². The Morgan fingerprint density at radius 2 is 2.48 bits per heavy atom. The molecule has 8 heteroatoms. The molecule has 1 atom stereocenters. The average molecular weight is 310 g/mol. The van der Waals surface area contributed by atoms with Gasteiger partial charge in [0.1, 0.15) is 12.2 Å². The second-order valence-electron chi connectivity index (χ2n) is 5.25. The van der Waals surface area contributed by atoms with Gasteiger partial charge in [-0.05, 0) is 31.4 Å². The van der Waals surface area contributed by atoms with Crippen molar-refractivity contribution in [1.29, 1.82) is 0 Å². The van der Waals surface area contributed by atoms with E-state index in [0.29, 0.717) is 17.8 Å². The van der Waals surface area contributed by atoms with E-state index >= 15 is 0 Å². The van der Waals surface area contributed by atoms with Crippen molar-refractivity contribution in [3.05, 3.63) is 28.6 Å². The Morgan fingerprint density at radius 1 is 1.62 bits per heavy atom. The van der Waals surface area contributed by atoms with E-state index in [2.05, 4.69) is 20.3 Å². The van der Waals surface area contributed by atoms with Crippen molar-refractivity contribution in [3.8, 4) is 0 Å². The molecule has 1 aliphatic heterocycles. The molecule has 1 N–H and O–H groups in total. The maximum Gasteiger partial charge on any atom is 0.229 e. The second kappa shape index (κ2) is 5.85. The highest BCUT2D eigenvalue weighted by Gasteiger charge is 2.27. The van der Waals surface area contributed by atoms with Crippen LogP contribution in [0.25, 0.3) is 0 Å². The lowest BCUT2D eigenvalue weighted by Crippen LogP contribution is -2.40. The third kappa shape index (κ3) is 2.92. The first kappa shape index (κ1) is 14.1. The Hall–Kier alpha value is -1.89. The number of aromatic amines is 1. The molecule has 3 heterocycles. The van der Waals surface area contributed by atoms with Gasteiger partial charge in [-0.2, -0.15) is 5.10 Å². The smallest absolute Gasteiger partial charge is 0.229 e. The van der Waals surface area contributed by atoms with E-state index in [9.17, 15) is 4.79 Å². The molecule has 2 aromatic rings. The van der Waals surface area contributed by atoms with Crippen molar-refractivity contribution in [3.63, 3.8) is 0 Å². The summed E-state index contributed by atoms with van der Waals surface area (Å²) < 4.78 is 4.88. The van der Waals surface area contributed by atoms with Gasteiger partial charge in [0, 0.05) is 24.6 Å². The molecule has 0 spiro atoms. The fourth-order valence-corrected chi connectivity index (χ4v) is 2.90. The van der Waals surface area contributed by atoms with Gasteiger partial charge in [-0.3, -0.25) is 9.89 Å². The molecule has 0 aliphatic carbocycles. The molecule has 112 valence electrons. The summed E-state index contributed by atoms with van der Waals surface area (Å²) in [4.78, 5) is 18.5. The van der Waals surface area contributed by atoms with E-state index in [0.717, 1.165) is 25.2 Å². The third-order valence-electron chi connectivity index (χ3n) is 3.86. The van der Waals surface area contributed by atoms with E-state index in [1.807, 2.05) is 4.90 Å². The number of hydrogen-bond acceptors (Lipinski definition) is 5. The van der Waals surface area contributed by atoms with E-state index in [-0.39, 0.29) is 23.5 Å². The normalized spacial score (nSPS) is 19.0. The predicted molar refractivity (Wildman–Crippen MR) is 74.9 cm³/mol. The first-order valence-corrected chi connectivity index (χ1v) is 7.26. The summed E-state index contributed by atoms with van der Waals surface area (Å²) in [6.07, 6.45) is 3.67. The van der Waals surface area contributed by atoms with Crippen molar-refractivity contribution in [2.75, 3.05) is 13.1 Å². The van der Waals surface area contributed by atoms with Gasteiger partial charge in [0.2, 0.25) is 11.1 Å². The van der Waals surface area contributed by atoms with Crippen LogP contribution in [-0.2, 0) is 11.2 Å². The van der Waals surface area contributed by atoms with E-state index in [1.165, 1.54) is 6.33 Å². The molecule has 1 saturated heterocycles. The Bertz CT molecular complexity index is 605. The second-order valence-corrected chi connectivity index (χ2v) is 5.59. The Morgan fingerprint density at radius 3 is 3.14 bits per heavy atom. The predicted octanol–water partition coefficient (Wildman–Crippen LogP) is 1.70. The Balaban J connectivity index is 1.67. The van der Waals surface area contributed by atoms with Crippen LogP contribution in [0.2, 0.25) is 5.22 Å². The number of aryl methyl sites for hydroxylation is 1. The number of nitrogens with zero attached hydrogens (tertiary/aromatic N) is 4. The maximum atomic E-state index is 12.4. The number of carbonyl (C=O) groups is 1. The number of carbonyl (C=O) groups excluding carboxylic acids is 1. The van der Waals surface area contributed by atoms with Crippen LogP contribution in [0, 0.1) is 6.92 Å². The van der Waals surface area contributed by atoms with Gasteiger partial charge >= 0.3 is 0 Å². The van der Waals surface area contributed by atoms with Crippen molar-refractivity contribution >= 4 is 17.5 Å². The fraction of sp³-hybridized carbons (Fsp3) is 0.538. The number of amides is 1. The summed E-state index contributed by atoms with van der Waals surface area (Å²) in [5, 5.41) is 10.7. The molecule has 1 aliphatic rings. The molecule has 0 bridgehead atoms. The average Bonchev–Trinajstić information content (AvgIpc) is 3.13. The number of nitrogens with one attached hydrogen (secondary N) is 1. The summed E-state index contributed by atoms with van der Waals surface area (Å²) in [5.74, 6) is 1.09. The minimum Gasteiger partial charge on any atom is -0.344 e. The molecule has 1 unspecified atom stereocenters. The van der Waals surface area contributed by atoms with Gasteiger partial charge in [0.05, 0.1) is 12.1 Å². The standard InChI is InChI=1S/C13H16ClN5O2/c1-8-10(12(14)21-18-8)5-11(20)19-4-2-3-9(6-19)13-15-7-16-17-13/h7,9H,2-6H2,1H3,(H,15,16,17). The minimum atomic E-state index is 0.0346. The number of piperidine rings is 1. The molecule has 3 rings (SSSR count). The van der Waals surface area contributed by atoms with Gasteiger partial charge < -0.3 is 9.42 Å². The quantitative estimate of drug-likeness (QED) is 0.932. The van der Waals surface area contributed by atoms with Crippen LogP contribution in [-0.4, -0.2) is 44.2 Å². The molecular formula is C13H16ClN5O2. The van der Waals surface area contributed by atoms with Crippen LogP contribution >= 0.6 is 11.6 Å². The fourth-order valence-electron chi connectivity index (χ4n) is 2.66. The summed E-state index contributed by atoms with van der Waals surface area (Å²) in [7, 11) is 0. The van der Waals surface area contributed by atoms with Gasteiger partial charge in [0.15, 0.2) is 0 Å². The lowest BCUT2D eigenvalue weighted by Gasteiger charge is -2.31. The van der Waals surface area contributed by atoms with Crippen molar-refractivity contribution in [1.82, 2.24) is 25.2 Å². The number of rotatable bonds is 3. The summed E-state index contributed by atoms with van der Waals surface area (Å²) >= 11 is 5.91. The highest BCUT2D eigenvalue weighted by atomic mass is 35.5. The molecule has 0 aromatic carbocycles. The molecular weight excluding hydrogens is 294 g/mol. The van der Waals surface area contributed by atoms with E-state index in [4.69, 9.17) is 16.1 Å². The summed E-state index contributed by atoms with van der Waals surface area (Å²) in [6, 6.07) is 0. The van der Waals surface area contributed by atoms with Gasteiger partial charge in [-0.25, -0.2) is 4.98 Å². The van der Waals surface area contributed by atoms with Crippen LogP contribution in [0.4, 0.5) is 0 Å². The topological polar surface area (TPSA) is 87.9 Å². The van der Waals surface area contributed by atoms with Crippen molar-refractivity contribution in [2.24, 2.45) is 0 Å². The minimum absolute atomic E-state index is 0.0346. The van der Waals surface area contributed by atoms with Crippen LogP contribution in [0.1, 0.15) is 35.8 Å². The molecule has 2 aromatic heterocycles. The largest absolute Gasteiger partial charge is 0.344 e. The van der Waals surface area contributed by atoms with Crippen molar-refractivity contribution < 1.29 is 9.32 Å². The zero-order valence-electron chi connectivity index (χ0n) is 11.7. The SMILES string of the molecule is Cc1noc(Cl)c1CC(=O)N1CCCC(c2ncn[nH]2)C1. The summed E-state index contributed by atoms with van der Waals surface area (Å²) in [6.45, 7) is 3.19. The highest BCUT2D eigenvalue weighted by Crippen LogP contribution is 2.26. The first-order chi connectivity index (χ1) is 10.1. The van der Waals surface area contributed by atoms with E-state index < -0.39 is 0 Å². The van der Waals surface area contributed by atoms with Crippen molar-refractivity contribution in [2.45, 2.75) is 32.1 Å². The molecule has 7 nitrogen and oxygen atoms in total. The van der Waals surface area contributed by atoms with Gasteiger partial charge in [-0.15, -0.1) is 0 Å². The number of H-pyrrole nitrogens is 1. The molecule has 0 saturated carbocycles. The number of likely N-dealkylation sites (tertiary alicyclic amines) is 1. The van der Waals surface area contributed by atoms with Crippen LogP contribution in [0.5, 0.6) is 0 Å². The molecule has 21 heavy (non-hydrogen) atoms. The third-order valence-corrected chi connectivity index (χ3v) is 4.16. The monoisotopic (exact) mass is 309 g/mol. The Kier molecular flexibility index (Phi) is 3.92. The Labute approximate surface area is 126 Å². The van der Waals surface area contributed by atoms with Crippen LogP contribution < -0.4 is 0 Å². The number of halogens is 1. The maximum absolute atomic E-state index is 12.4. The highest BCUT2D eigenvalue weighted by molar-refractivity contribution is 6.29. The van der Waals surface area contributed by atoms with E-state index in [1.54, 1.807) is 6.92 Å². The zero-order valence-corrected chi connectivity index (χ0v) is 12.4. The molecule has 1 fully saturated rings. The number of aromatic nitrogens is 4. The first-order valence-electron chi connectivity index (χ1n) is 6.89. The summed E-state index contributed by atoms with van der Waals surface area (Å²) in [5.41, 5.74) is 1.33. The molecule has 0 radical (unpaired) electrons. The molecule has 1 amide bonds. The lowest BCUT2D eigenvalue weighted by atomic mass is 9.97. The number of hydrogen-bond donors (Lipinski definition) is 1. The zero-order chi connectivity index (χ0) is 14.8. The van der Waals surface area contributed by atoms with Crippen LogP contribution in [0.3, 0.4) is 0 Å².